The van der Waals surface area contributed by atoms with Crippen LogP contribution < -0.4 is 10.6 Å². The van der Waals surface area contributed by atoms with Crippen LogP contribution >= 0.6 is 11.3 Å². The molecule has 3 aromatic rings. The molecule has 1 amide bonds. The topological polar surface area (TPSA) is 71.8 Å². The Morgan fingerprint density at radius 2 is 2.23 bits per heavy atom. The first-order valence-corrected chi connectivity index (χ1v) is 9.36. The fraction of sp³-hybridized carbons (Fsp3) is 0.278. The van der Waals surface area contributed by atoms with E-state index in [0.29, 0.717) is 22.1 Å². The minimum atomic E-state index is -0.337. The maximum atomic E-state index is 13.9. The van der Waals surface area contributed by atoms with Crippen LogP contribution in [0.3, 0.4) is 0 Å². The fourth-order valence-corrected chi connectivity index (χ4v) is 3.71. The molecule has 3 heterocycles. The van der Waals surface area contributed by atoms with Crippen molar-refractivity contribution >= 4 is 22.4 Å². The summed E-state index contributed by atoms with van der Waals surface area (Å²) in [5.74, 6) is -0.655. The van der Waals surface area contributed by atoms with Crippen LogP contribution in [0.1, 0.15) is 29.4 Å². The highest BCUT2D eigenvalue weighted by molar-refractivity contribution is 7.14. The van der Waals surface area contributed by atoms with Crippen molar-refractivity contribution < 1.29 is 9.18 Å². The molecule has 1 saturated heterocycles. The number of carbonyl (C=O) groups is 1. The van der Waals surface area contributed by atoms with E-state index in [9.17, 15) is 9.18 Å². The number of nitrogens with one attached hydrogen (secondary N) is 2. The van der Waals surface area contributed by atoms with Gasteiger partial charge in [-0.05, 0) is 37.6 Å². The highest BCUT2D eigenvalue weighted by atomic mass is 32.1. The van der Waals surface area contributed by atoms with E-state index in [1.54, 1.807) is 29.6 Å². The van der Waals surface area contributed by atoms with Gasteiger partial charge in [-0.2, -0.15) is 5.10 Å². The van der Waals surface area contributed by atoms with Gasteiger partial charge in [-0.3, -0.25) is 14.8 Å². The number of halogens is 1. The Bertz CT molecular complexity index is 916. The summed E-state index contributed by atoms with van der Waals surface area (Å²) in [4.78, 5) is 16.7. The molecule has 1 atom stereocenters. The number of benzene rings is 1. The maximum Gasteiger partial charge on any atom is 0.277 e. The zero-order chi connectivity index (χ0) is 17.9. The second-order valence-corrected chi connectivity index (χ2v) is 7.01. The van der Waals surface area contributed by atoms with E-state index < -0.39 is 0 Å². The van der Waals surface area contributed by atoms with Crippen molar-refractivity contribution in [2.75, 3.05) is 18.4 Å². The molecule has 2 N–H and O–H groups in total. The van der Waals surface area contributed by atoms with Crippen LogP contribution in [0, 0.1) is 5.82 Å². The molecule has 0 radical (unpaired) electrons. The summed E-state index contributed by atoms with van der Waals surface area (Å²) < 4.78 is 15.7. The van der Waals surface area contributed by atoms with Gasteiger partial charge in [0.25, 0.3) is 5.91 Å². The van der Waals surface area contributed by atoms with Crippen molar-refractivity contribution in [2.45, 2.75) is 18.9 Å². The minimum absolute atomic E-state index is 0.276. The number of aromatic nitrogens is 3. The van der Waals surface area contributed by atoms with Gasteiger partial charge in [0, 0.05) is 23.7 Å². The predicted molar refractivity (Wildman–Crippen MR) is 98.8 cm³/mol. The number of thiazole rings is 1. The molecule has 1 aliphatic heterocycles. The largest absolute Gasteiger partial charge is 0.315 e. The summed E-state index contributed by atoms with van der Waals surface area (Å²) in [6.07, 6.45) is 3.98. The van der Waals surface area contributed by atoms with E-state index in [0.717, 1.165) is 25.9 Å². The molecule has 1 aromatic carbocycles. The van der Waals surface area contributed by atoms with Crippen LogP contribution in [0.15, 0.2) is 41.9 Å². The van der Waals surface area contributed by atoms with Gasteiger partial charge in [0.2, 0.25) is 0 Å². The van der Waals surface area contributed by atoms with Crippen LogP contribution in [-0.4, -0.2) is 33.8 Å². The molecule has 134 valence electrons. The lowest BCUT2D eigenvalue weighted by Crippen LogP contribution is -2.32. The quantitative estimate of drug-likeness (QED) is 0.738. The molecule has 6 nitrogen and oxygen atoms in total. The standard InChI is InChI=1S/C18H18FN5OS/c19-14-6-2-1-5-13(14)16-11-26-18(21-16)22-17(25)15-7-9-24(23-15)12-4-3-8-20-10-12/h1-2,5-7,9,11-12,20H,3-4,8,10H2,(H,21,22,25). The molecule has 1 fully saturated rings. The predicted octanol–water partition coefficient (Wildman–Crippen LogP) is 3.32. The Morgan fingerprint density at radius 1 is 1.35 bits per heavy atom. The Morgan fingerprint density at radius 3 is 3.04 bits per heavy atom. The van der Waals surface area contributed by atoms with E-state index in [-0.39, 0.29) is 17.8 Å². The summed E-state index contributed by atoms with van der Waals surface area (Å²) in [6.45, 7) is 1.89. The van der Waals surface area contributed by atoms with Crippen LogP contribution in [-0.2, 0) is 0 Å². The highest BCUT2D eigenvalue weighted by Gasteiger charge is 2.18. The van der Waals surface area contributed by atoms with Crippen molar-refractivity contribution in [3.8, 4) is 11.3 Å². The number of piperidine rings is 1. The lowest BCUT2D eigenvalue weighted by Gasteiger charge is -2.22. The summed E-state index contributed by atoms with van der Waals surface area (Å²) in [7, 11) is 0. The zero-order valence-electron chi connectivity index (χ0n) is 14.0. The lowest BCUT2D eigenvalue weighted by molar-refractivity contribution is 0.102. The molecular weight excluding hydrogens is 353 g/mol. The molecule has 2 aromatic heterocycles. The molecule has 0 spiro atoms. The Hall–Kier alpha value is -2.58. The molecule has 8 heteroatoms. The first kappa shape index (κ1) is 16.9. The first-order chi connectivity index (χ1) is 12.7. The number of amides is 1. The second-order valence-electron chi connectivity index (χ2n) is 6.15. The summed E-state index contributed by atoms with van der Waals surface area (Å²) in [5.41, 5.74) is 1.26. The van der Waals surface area contributed by atoms with E-state index in [4.69, 9.17) is 0 Å². The minimum Gasteiger partial charge on any atom is -0.315 e. The van der Waals surface area contributed by atoms with Crippen molar-refractivity contribution in [1.29, 1.82) is 0 Å². The molecule has 0 aliphatic carbocycles. The van der Waals surface area contributed by atoms with E-state index in [2.05, 4.69) is 20.7 Å². The van der Waals surface area contributed by atoms with Crippen LogP contribution in [0.25, 0.3) is 11.3 Å². The molecule has 1 aliphatic rings. The molecule has 1 unspecified atom stereocenters. The number of hydrogen-bond acceptors (Lipinski definition) is 5. The Kier molecular flexibility index (Phi) is 4.77. The average molecular weight is 371 g/mol. The van der Waals surface area contributed by atoms with Crippen LogP contribution in [0.4, 0.5) is 9.52 Å². The van der Waals surface area contributed by atoms with Crippen molar-refractivity contribution in [3.63, 3.8) is 0 Å². The monoisotopic (exact) mass is 371 g/mol. The van der Waals surface area contributed by atoms with Gasteiger partial charge < -0.3 is 5.32 Å². The summed E-state index contributed by atoms with van der Waals surface area (Å²) in [5, 5.41) is 12.6. The third-order valence-corrected chi connectivity index (χ3v) is 5.12. The van der Waals surface area contributed by atoms with E-state index in [1.165, 1.54) is 17.4 Å². The van der Waals surface area contributed by atoms with Gasteiger partial charge in [0.05, 0.1) is 11.7 Å². The van der Waals surface area contributed by atoms with Gasteiger partial charge in [-0.25, -0.2) is 9.37 Å². The summed E-state index contributed by atoms with van der Waals surface area (Å²) >= 11 is 1.26. The molecule has 26 heavy (non-hydrogen) atoms. The fourth-order valence-electron chi connectivity index (χ4n) is 3.01. The average Bonchev–Trinajstić information content (AvgIpc) is 3.33. The van der Waals surface area contributed by atoms with Gasteiger partial charge in [-0.1, -0.05) is 12.1 Å². The van der Waals surface area contributed by atoms with Gasteiger partial charge in [-0.15, -0.1) is 11.3 Å². The van der Waals surface area contributed by atoms with Crippen molar-refractivity contribution in [3.05, 3.63) is 53.4 Å². The van der Waals surface area contributed by atoms with Crippen LogP contribution in [0.5, 0.6) is 0 Å². The van der Waals surface area contributed by atoms with Gasteiger partial charge in [0.1, 0.15) is 5.82 Å². The molecular formula is C18H18FN5OS. The van der Waals surface area contributed by atoms with Crippen molar-refractivity contribution in [2.24, 2.45) is 0 Å². The molecule has 0 bridgehead atoms. The molecule has 4 rings (SSSR count). The van der Waals surface area contributed by atoms with E-state index >= 15 is 0 Å². The van der Waals surface area contributed by atoms with Gasteiger partial charge >= 0.3 is 0 Å². The highest BCUT2D eigenvalue weighted by Crippen LogP contribution is 2.27. The van der Waals surface area contributed by atoms with Gasteiger partial charge in [0.15, 0.2) is 10.8 Å². The number of rotatable bonds is 4. The number of carbonyl (C=O) groups excluding carboxylic acids is 1. The zero-order valence-corrected chi connectivity index (χ0v) is 14.8. The smallest absolute Gasteiger partial charge is 0.277 e. The normalized spacial score (nSPS) is 17.2. The number of anilines is 1. The SMILES string of the molecule is O=C(Nc1nc(-c2ccccc2F)cs1)c1ccn(C2CCCNC2)n1. The molecule has 0 saturated carbocycles. The Balaban J connectivity index is 1.45. The Labute approximate surface area is 154 Å². The maximum absolute atomic E-state index is 13.9. The lowest BCUT2D eigenvalue weighted by atomic mass is 10.1. The second kappa shape index (κ2) is 7.35. The van der Waals surface area contributed by atoms with E-state index in [1.807, 2.05) is 10.9 Å². The third kappa shape index (κ3) is 3.51. The summed E-state index contributed by atoms with van der Waals surface area (Å²) in [6, 6.07) is 8.41. The van der Waals surface area contributed by atoms with Crippen molar-refractivity contribution in [1.82, 2.24) is 20.1 Å². The number of nitrogens with zero attached hydrogens (tertiary/aromatic N) is 3. The number of hydrogen-bond donors (Lipinski definition) is 2. The third-order valence-electron chi connectivity index (χ3n) is 4.36. The van der Waals surface area contributed by atoms with Crippen LogP contribution in [0.2, 0.25) is 0 Å². The first-order valence-electron chi connectivity index (χ1n) is 8.48.